The molecule has 23 heavy (non-hydrogen) atoms. The molecule has 0 radical (unpaired) electrons. The molecule has 1 saturated heterocycles. The molecule has 1 unspecified atom stereocenters. The van der Waals surface area contributed by atoms with Gasteiger partial charge in [-0.25, -0.2) is 4.98 Å². The summed E-state index contributed by atoms with van der Waals surface area (Å²) in [5.41, 5.74) is 1.02. The van der Waals surface area contributed by atoms with E-state index in [9.17, 15) is 9.00 Å². The van der Waals surface area contributed by atoms with E-state index in [1.54, 1.807) is 17.3 Å². The van der Waals surface area contributed by atoms with Crippen molar-refractivity contribution in [2.45, 2.75) is 31.4 Å². The van der Waals surface area contributed by atoms with Gasteiger partial charge in [0.2, 0.25) is 0 Å². The molecule has 1 aliphatic rings. The van der Waals surface area contributed by atoms with Crippen LogP contribution in [0.3, 0.4) is 0 Å². The number of hydrogen-bond acceptors (Lipinski definition) is 4. The van der Waals surface area contributed by atoms with Crippen LogP contribution in [0.5, 0.6) is 0 Å². The Morgan fingerprint density at radius 3 is 2.78 bits per heavy atom. The number of amides is 1. The number of pyridine rings is 2. The maximum Gasteiger partial charge on any atom is 0.274 e. The minimum atomic E-state index is -0.887. The first-order valence-corrected chi connectivity index (χ1v) is 9.30. The summed E-state index contributed by atoms with van der Waals surface area (Å²) in [5.74, 6) is 0.420. The van der Waals surface area contributed by atoms with E-state index in [0.29, 0.717) is 30.1 Å². The molecule has 0 N–H and O–H groups in total. The van der Waals surface area contributed by atoms with Gasteiger partial charge < -0.3 is 4.90 Å². The molecule has 1 atom stereocenters. The first-order chi connectivity index (χ1) is 11.1. The van der Waals surface area contributed by atoms with Crippen LogP contribution in [0.2, 0.25) is 0 Å². The number of carbonyl (C=O) groups is 1. The Morgan fingerprint density at radius 1 is 1.26 bits per heavy atom. The normalized spacial score (nSPS) is 20.6. The number of carbonyl (C=O) groups excluding carboxylic acids is 1. The van der Waals surface area contributed by atoms with Crippen LogP contribution in [0.15, 0.2) is 30.6 Å². The van der Waals surface area contributed by atoms with Crippen molar-refractivity contribution in [1.29, 1.82) is 0 Å². The number of fused-ring (bicyclic) bond motifs is 1. The van der Waals surface area contributed by atoms with E-state index in [4.69, 9.17) is 0 Å². The highest BCUT2D eigenvalue weighted by atomic mass is 32.2. The van der Waals surface area contributed by atoms with Crippen LogP contribution >= 0.6 is 0 Å². The van der Waals surface area contributed by atoms with Crippen molar-refractivity contribution in [2.75, 3.05) is 18.8 Å². The van der Waals surface area contributed by atoms with Crippen molar-refractivity contribution in [1.82, 2.24) is 14.9 Å². The summed E-state index contributed by atoms with van der Waals surface area (Å²) in [6.45, 7) is 5.13. The largest absolute Gasteiger partial charge is 0.335 e. The molecule has 1 amide bonds. The van der Waals surface area contributed by atoms with Gasteiger partial charge in [-0.15, -0.1) is 0 Å². The van der Waals surface area contributed by atoms with E-state index in [1.165, 1.54) is 0 Å². The molecule has 2 aromatic heterocycles. The molecule has 6 heteroatoms. The molecule has 0 saturated carbocycles. The van der Waals surface area contributed by atoms with Crippen molar-refractivity contribution < 1.29 is 9.00 Å². The summed E-state index contributed by atoms with van der Waals surface area (Å²) in [6.07, 6.45) is 4.93. The van der Waals surface area contributed by atoms with Gasteiger partial charge in [-0.1, -0.05) is 19.9 Å². The van der Waals surface area contributed by atoms with Gasteiger partial charge in [0.05, 0.1) is 4.75 Å². The van der Waals surface area contributed by atoms with Gasteiger partial charge in [0.25, 0.3) is 5.91 Å². The minimum absolute atomic E-state index is 0.114. The van der Waals surface area contributed by atoms with E-state index in [-0.39, 0.29) is 10.7 Å². The van der Waals surface area contributed by atoms with Crippen LogP contribution in [0.1, 0.15) is 37.2 Å². The fraction of sp³-hybridized carbons (Fsp3) is 0.471. The molecular formula is C17H21N3O2S. The average molecular weight is 331 g/mol. The fourth-order valence-electron chi connectivity index (χ4n) is 3.19. The third-order valence-corrected chi connectivity index (χ3v) is 7.03. The molecule has 0 bridgehead atoms. The monoisotopic (exact) mass is 331 g/mol. The maximum atomic E-state index is 13.0. The lowest BCUT2D eigenvalue weighted by Crippen LogP contribution is -2.54. The maximum absolute atomic E-state index is 13.0. The lowest BCUT2D eigenvalue weighted by Gasteiger charge is -2.41. The second-order valence-corrected chi connectivity index (χ2v) is 7.87. The first kappa shape index (κ1) is 16.1. The van der Waals surface area contributed by atoms with Crippen LogP contribution in [0, 0.1) is 0 Å². The van der Waals surface area contributed by atoms with Crippen molar-refractivity contribution in [3.8, 4) is 0 Å². The molecule has 3 rings (SSSR count). The zero-order chi connectivity index (χ0) is 16.4. The van der Waals surface area contributed by atoms with E-state index in [2.05, 4.69) is 9.97 Å². The van der Waals surface area contributed by atoms with Gasteiger partial charge in [0, 0.05) is 47.4 Å². The third kappa shape index (κ3) is 2.76. The summed E-state index contributed by atoms with van der Waals surface area (Å²) in [5, 5.41) is 0.906. The van der Waals surface area contributed by atoms with Gasteiger partial charge in [-0.2, -0.15) is 0 Å². The van der Waals surface area contributed by atoms with E-state index in [0.717, 1.165) is 18.2 Å². The van der Waals surface area contributed by atoms with Crippen LogP contribution in [0.4, 0.5) is 0 Å². The van der Waals surface area contributed by atoms with Crippen LogP contribution in [0.25, 0.3) is 10.9 Å². The zero-order valence-corrected chi connectivity index (χ0v) is 14.3. The standard InChI is InChI=1S/C17H21N3O2S/c1-3-17(4-2)12-20(10-11-23(17)22)16(21)15-14-13(7-9-19-15)6-5-8-18-14/h5-9H,3-4,10-12H2,1-2H3. The third-order valence-electron chi connectivity index (χ3n) is 4.81. The van der Waals surface area contributed by atoms with Crippen molar-refractivity contribution >= 4 is 27.6 Å². The Labute approximate surface area is 138 Å². The summed E-state index contributed by atoms with van der Waals surface area (Å²) in [4.78, 5) is 23.4. The highest BCUT2D eigenvalue weighted by Crippen LogP contribution is 2.29. The number of nitrogens with zero attached hydrogens (tertiary/aromatic N) is 3. The molecule has 0 aromatic carbocycles. The molecule has 5 nitrogen and oxygen atoms in total. The quantitative estimate of drug-likeness (QED) is 0.866. The smallest absolute Gasteiger partial charge is 0.274 e. The number of aromatic nitrogens is 2. The average Bonchev–Trinajstić information content (AvgIpc) is 2.61. The Kier molecular flexibility index (Phi) is 4.43. The molecule has 122 valence electrons. The highest BCUT2D eigenvalue weighted by molar-refractivity contribution is 7.86. The Balaban J connectivity index is 1.95. The lowest BCUT2D eigenvalue weighted by molar-refractivity contribution is 0.0732. The summed E-state index contributed by atoms with van der Waals surface area (Å²) in [6, 6.07) is 5.63. The van der Waals surface area contributed by atoms with E-state index < -0.39 is 10.8 Å². The molecule has 1 fully saturated rings. The minimum Gasteiger partial charge on any atom is -0.335 e. The molecule has 3 heterocycles. The lowest BCUT2D eigenvalue weighted by atomic mass is 10.0. The van der Waals surface area contributed by atoms with E-state index >= 15 is 0 Å². The van der Waals surface area contributed by atoms with Gasteiger partial charge in [-0.05, 0) is 25.0 Å². The number of hydrogen-bond donors (Lipinski definition) is 0. The van der Waals surface area contributed by atoms with Gasteiger partial charge >= 0.3 is 0 Å². The predicted molar refractivity (Wildman–Crippen MR) is 91.8 cm³/mol. The molecular weight excluding hydrogens is 310 g/mol. The fourth-order valence-corrected chi connectivity index (χ4v) is 4.95. The van der Waals surface area contributed by atoms with Crippen molar-refractivity contribution in [2.24, 2.45) is 0 Å². The topological polar surface area (TPSA) is 63.2 Å². The summed E-state index contributed by atoms with van der Waals surface area (Å²) >= 11 is 0. The SMILES string of the molecule is CCC1(CC)CN(C(=O)c2nccc3cccnc23)CCS1=O. The van der Waals surface area contributed by atoms with Gasteiger partial charge in [0.15, 0.2) is 5.69 Å². The number of rotatable bonds is 3. The van der Waals surface area contributed by atoms with E-state index in [1.807, 2.05) is 32.0 Å². The summed E-state index contributed by atoms with van der Waals surface area (Å²) < 4.78 is 12.1. The second kappa shape index (κ2) is 6.35. The Bertz CT molecular complexity index is 753. The molecule has 1 aliphatic heterocycles. The van der Waals surface area contributed by atoms with Crippen LogP contribution in [-0.4, -0.2) is 48.6 Å². The summed E-state index contributed by atoms with van der Waals surface area (Å²) in [7, 11) is -0.887. The van der Waals surface area contributed by atoms with Crippen LogP contribution < -0.4 is 0 Å². The Hall–Kier alpha value is -1.82. The van der Waals surface area contributed by atoms with Crippen LogP contribution in [-0.2, 0) is 10.8 Å². The molecule has 0 aliphatic carbocycles. The van der Waals surface area contributed by atoms with Gasteiger partial charge in [-0.3, -0.25) is 14.0 Å². The second-order valence-electron chi connectivity index (χ2n) is 5.90. The Morgan fingerprint density at radius 2 is 2.04 bits per heavy atom. The van der Waals surface area contributed by atoms with Crippen molar-refractivity contribution in [3.63, 3.8) is 0 Å². The first-order valence-electron chi connectivity index (χ1n) is 7.99. The highest BCUT2D eigenvalue weighted by Gasteiger charge is 2.40. The zero-order valence-electron chi connectivity index (χ0n) is 13.5. The predicted octanol–water partition coefficient (Wildman–Crippen LogP) is 2.39. The van der Waals surface area contributed by atoms with Gasteiger partial charge in [0.1, 0.15) is 5.52 Å². The van der Waals surface area contributed by atoms with Crippen molar-refractivity contribution in [3.05, 3.63) is 36.3 Å². The molecule has 0 spiro atoms. The molecule has 2 aromatic rings.